The molecule has 1 heterocycles. The van der Waals surface area contributed by atoms with E-state index in [0.717, 1.165) is 5.75 Å². The molecule has 0 saturated heterocycles. The molecule has 0 aliphatic carbocycles. The van der Waals surface area contributed by atoms with Gasteiger partial charge in [0.05, 0.1) is 13.3 Å². The SMILES string of the molecule is COc1ccc(Oc2ncc(Cl)n2C(C)C)cc1. The Bertz CT molecular complexity index is 520. The van der Waals surface area contributed by atoms with E-state index in [9.17, 15) is 0 Å². The van der Waals surface area contributed by atoms with E-state index >= 15 is 0 Å². The van der Waals surface area contributed by atoms with E-state index in [-0.39, 0.29) is 6.04 Å². The average molecular weight is 267 g/mol. The molecule has 0 bridgehead atoms. The summed E-state index contributed by atoms with van der Waals surface area (Å²) >= 11 is 6.05. The Labute approximate surface area is 111 Å². The summed E-state index contributed by atoms with van der Waals surface area (Å²) in [5, 5.41) is 0.563. The van der Waals surface area contributed by atoms with Crippen LogP contribution >= 0.6 is 11.6 Å². The molecule has 2 aromatic rings. The first-order valence-electron chi connectivity index (χ1n) is 5.66. The van der Waals surface area contributed by atoms with Crippen LogP contribution in [0.3, 0.4) is 0 Å². The first-order valence-corrected chi connectivity index (χ1v) is 6.04. The van der Waals surface area contributed by atoms with E-state index in [1.807, 2.05) is 42.7 Å². The molecule has 0 amide bonds. The number of rotatable bonds is 4. The maximum Gasteiger partial charge on any atom is 0.303 e. The van der Waals surface area contributed by atoms with E-state index in [1.165, 1.54) is 0 Å². The standard InChI is InChI=1S/C13H15ClN2O2/c1-9(2)16-12(14)8-15-13(16)18-11-6-4-10(17-3)5-7-11/h4-9H,1-3H3. The van der Waals surface area contributed by atoms with Crippen molar-refractivity contribution in [2.24, 2.45) is 0 Å². The molecule has 0 spiro atoms. The predicted molar refractivity (Wildman–Crippen MR) is 70.7 cm³/mol. The molecule has 5 heteroatoms. The third kappa shape index (κ3) is 2.59. The Balaban J connectivity index is 2.23. The van der Waals surface area contributed by atoms with Gasteiger partial charge in [0.1, 0.15) is 16.7 Å². The number of hydrogen-bond donors (Lipinski definition) is 0. The molecule has 0 aliphatic heterocycles. The van der Waals surface area contributed by atoms with E-state index in [0.29, 0.717) is 16.9 Å². The van der Waals surface area contributed by atoms with Crippen LogP contribution in [0.5, 0.6) is 17.5 Å². The molecular formula is C13H15ClN2O2. The number of ether oxygens (including phenoxy) is 2. The smallest absolute Gasteiger partial charge is 0.303 e. The first-order chi connectivity index (χ1) is 8.61. The summed E-state index contributed by atoms with van der Waals surface area (Å²) in [6.07, 6.45) is 1.58. The lowest BCUT2D eigenvalue weighted by Crippen LogP contribution is -2.03. The van der Waals surface area contributed by atoms with E-state index in [1.54, 1.807) is 13.3 Å². The van der Waals surface area contributed by atoms with Crippen LogP contribution in [0.1, 0.15) is 19.9 Å². The molecule has 18 heavy (non-hydrogen) atoms. The third-order valence-corrected chi connectivity index (χ3v) is 2.78. The quantitative estimate of drug-likeness (QED) is 0.842. The van der Waals surface area contributed by atoms with Gasteiger partial charge in [-0.15, -0.1) is 0 Å². The van der Waals surface area contributed by atoms with Crippen molar-refractivity contribution >= 4 is 11.6 Å². The van der Waals surface area contributed by atoms with E-state index < -0.39 is 0 Å². The molecule has 1 aromatic carbocycles. The van der Waals surface area contributed by atoms with Crippen molar-refractivity contribution in [3.63, 3.8) is 0 Å². The van der Waals surface area contributed by atoms with Crippen LogP contribution in [0.2, 0.25) is 5.15 Å². The minimum absolute atomic E-state index is 0.188. The van der Waals surface area contributed by atoms with Gasteiger partial charge >= 0.3 is 6.01 Å². The molecule has 0 N–H and O–H groups in total. The van der Waals surface area contributed by atoms with Crippen LogP contribution in [0.4, 0.5) is 0 Å². The largest absolute Gasteiger partial charge is 0.497 e. The highest BCUT2D eigenvalue weighted by Gasteiger charge is 2.13. The van der Waals surface area contributed by atoms with Crippen molar-refractivity contribution in [2.75, 3.05) is 7.11 Å². The number of imidazole rings is 1. The number of benzene rings is 1. The van der Waals surface area contributed by atoms with Crippen LogP contribution in [0.25, 0.3) is 0 Å². The van der Waals surface area contributed by atoms with Gasteiger partial charge in [-0.2, -0.15) is 0 Å². The maximum absolute atomic E-state index is 6.05. The second-order valence-corrected chi connectivity index (χ2v) is 4.49. The summed E-state index contributed by atoms with van der Waals surface area (Å²) in [4.78, 5) is 4.15. The average Bonchev–Trinajstić information content (AvgIpc) is 2.71. The number of aromatic nitrogens is 2. The van der Waals surface area contributed by atoms with Crippen molar-refractivity contribution in [2.45, 2.75) is 19.9 Å². The second kappa shape index (κ2) is 5.31. The van der Waals surface area contributed by atoms with Crippen LogP contribution in [0, 0.1) is 0 Å². The summed E-state index contributed by atoms with van der Waals surface area (Å²) in [6.45, 7) is 4.04. The van der Waals surface area contributed by atoms with Crippen molar-refractivity contribution in [1.29, 1.82) is 0 Å². The van der Waals surface area contributed by atoms with Gasteiger partial charge in [0.15, 0.2) is 0 Å². The normalized spacial score (nSPS) is 10.7. The first kappa shape index (κ1) is 12.8. The number of halogens is 1. The summed E-state index contributed by atoms with van der Waals surface area (Å²) in [5.41, 5.74) is 0. The summed E-state index contributed by atoms with van der Waals surface area (Å²) in [5.74, 6) is 1.48. The van der Waals surface area contributed by atoms with Crippen LogP contribution < -0.4 is 9.47 Å². The van der Waals surface area contributed by atoms with Crippen LogP contribution in [-0.4, -0.2) is 16.7 Å². The van der Waals surface area contributed by atoms with Crippen LogP contribution in [0.15, 0.2) is 30.5 Å². The lowest BCUT2D eigenvalue weighted by molar-refractivity contribution is 0.392. The topological polar surface area (TPSA) is 36.3 Å². The fourth-order valence-electron chi connectivity index (χ4n) is 1.62. The van der Waals surface area contributed by atoms with Gasteiger partial charge < -0.3 is 9.47 Å². The Hall–Kier alpha value is -1.68. The summed E-state index contributed by atoms with van der Waals surface area (Å²) < 4.78 is 12.6. The molecule has 0 fully saturated rings. The molecule has 0 unspecified atom stereocenters. The highest BCUT2D eigenvalue weighted by molar-refractivity contribution is 6.29. The Kier molecular flexibility index (Phi) is 3.77. The summed E-state index contributed by atoms with van der Waals surface area (Å²) in [6, 6.07) is 7.99. The lowest BCUT2D eigenvalue weighted by Gasteiger charge is -2.13. The highest BCUT2D eigenvalue weighted by Crippen LogP contribution is 2.28. The lowest BCUT2D eigenvalue weighted by atomic mass is 10.3. The van der Waals surface area contributed by atoms with Crippen molar-refractivity contribution in [3.05, 3.63) is 35.6 Å². The van der Waals surface area contributed by atoms with Gasteiger partial charge in [-0.1, -0.05) is 11.6 Å². The summed E-state index contributed by atoms with van der Waals surface area (Å²) in [7, 11) is 1.63. The molecule has 0 saturated carbocycles. The van der Waals surface area contributed by atoms with Gasteiger partial charge in [0.2, 0.25) is 0 Å². The maximum atomic E-state index is 6.05. The number of methoxy groups -OCH3 is 1. The van der Waals surface area contributed by atoms with Crippen LogP contribution in [-0.2, 0) is 0 Å². The molecule has 0 atom stereocenters. The fraction of sp³-hybridized carbons (Fsp3) is 0.308. The van der Waals surface area contributed by atoms with Gasteiger partial charge in [-0.05, 0) is 38.1 Å². The zero-order valence-corrected chi connectivity index (χ0v) is 11.3. The molecule has 96 valence electrons. The molecule has 4 nitrogen and oxygen atoms in total. The minimum atomic E-state index is 0.188. The minimum Gasteiger partial charge on any atom is -0.497 e. The number of nitrogens with zero attached hydrogens (tertiary/aromatic N) is 2. The van der Waals surface area contributed by atoms with E-state index in [4.69, 9.17) is 21.1 Å². The molecule has 0 aliphatic rings. The Morgan fingerprint density at radius 3 is 2.33 bits per heavy atom. The zero-order chi connectivity index (χ0) is 13.1. The van der Waals surface area contributed by atoms with Crippen molar-refractivity contribution < 1.29 is 9.47 Å². The molecule has 0 radical (unpaired) electrons. The molecule has 2 rings (SSSR count). The Morgan fingerprint density at radius 1 is 1.17 bits per heavy atom. The molecular weight excluding hydrogens is 252 g/mol. The van der Waals surface area contributed by atoms with Gasteiger partial charge in [0, 0.05) is 6.04 Å². The van der Waals surface area contributed by atoms with Gasteiger partial charge in [-0.25, -0.2) is 4.98 Å². The monoisotopic (exact) mass is 266 g/mol. The van der Waals surface area contributed by atoms with Crippen molar-refractivity contribution in [1.82, 2.24) is 9.55 Å². The van der Waals surface area contributed by atoms with Crippen molar-refractivity contribution in [3.8, 4) is 17.5 Å². The van der Waals surface area contributed by atoms with Gasteiger partial charge in [-0.3, -0.25) is 4.57 Å². The fourth-order valence-corrected chi connectivity index (χ4v) is 1.93. The number of hydrogen-bond acceptors (Lipinski definition) is 3. The highest BCUT2D eigenvalue weighted by atomic mass is 35.5. The Morgan fingerprint density at radius 2 is 1.78 bits per heavy atom. The second-order valence-electron chi connectivity index (χ2n) is 4.10. The third-order valence-electron chi connectivity index (χ3n) is 2.50. The zero-order valence-electron chi connectivity index (χ0n) is 10.6. The van der Waals surface area contributed by atoms with E-state index in [2.05, 4.69) is 4.98 Å². The predicted octanol–water partition coefficient (Wildman–Crippen LogP) is 3.92. The van der Waals surface area contributed by atoms with Gasteiger partial charge in [0.25, 0.3) is 0 Å². The molecule has 1 aromatic heterocycles.